The Morgan fingerprint density at radius 3 is 3.00 bits per heavy atom. The first-order valence-electron chi connectivity index (χ1n) is 7.03. The molecule has 118 valence electrons. The molecule has 3 rings (SSSR count). The van der Waals surface area contributed by atoms with E-state index in [9.17, 15) is 4.79 Å². The van der Waals surface area contributed by atoms with Gasteiger partial charge in [0.25, 0.3) is 0 Å². The molecule has 0 atom stereocenters. The highest BCUT2D eigenvalue weighted by Gasteiger charge is 2.12. The van der Waals surface area contributed by atoms with Crippen LogP contribution in [0.1, 0.15) is 17.9 Å². The van der Waals surface area contributed by atoms with Crippen LogP contribution >= 0.6 is 22.9 Å². The summed E-state index contributed by atoms with van der Waals surface area (Å²) in [6.07, 6.45) is 0.653. The zero-order valence-electron chi connectivity index (χ0n) is 12.4. The normalized spacial score (nSPS) is 10.7. The van der Waals surface area contributed by atoms with Crippen molar-refractivity contribution in [1.29, 1.82) is 0 Å². The first-order valence-corrected chi connectivity index (χ1v) is 8.35. The number of amides is 1. The number of nitrogens with one attached hydrogen (secondary N) is 1. The van der Waals surface area contributed by atoms with Crippen LogP contribution in [-0.2, 0) is 11.2 Å². The molecule has 5 nitrogen and oxygen atoms in total. The number of anilines is 1. The van der Waals surface area contributed by atoms with E-state index in [0.717, 1.165) is 11.1 Å². The van der Waals surface area contributed by atoms with Crippen LogP contribution in [0.2, 0.25) is 5.02 Å². The molecule has 23 heavy (non-hydrogen) atoms. The quantitative estimate of drug-likeness (QED) is 0.745. The Bertz CT molecular complexity index is 815. The summed E-state index contributed by atoms with van der Waals surface area (Å²) in [5.74, 6) is 0.808. The molecule has 7 heteroatoms. The predicted molar refractivity (Wildman–Crippen MR) is 90.8 cm³/mol. The van der Waals surface area contributed by atoms with Gasteiger partial charge in [-0.15, -0.1) is 10.2 Å². The molecule has 0 fully saturated rings. The molecule has 0 spiro atoms. The zero-order chi connectivity index (χ0) is 16.2. The summed E-state index contributed by atoms with van der Waals surface area (Å²) in [5.41, 5.74) is 2.46. The minimum atomic E-state index is -0.120. The lowest BCUT2D eigenvalue weighted by atomic mass is 10.2. The summed E-state index contributed by atoms with van der Waals surface area (Å²) in [5, 5.41) is 15.3. The van der Waals surface area contributed by atoms with Crippen LogP contribution in [0.15, 0.2) is 39.4 Å². The van der Waals surface area contributed by atoms with E-state index in [-0.39, 0.29) is 12.3 Å². The number of carbonyl (C=O) groups is 1. The number of hydrogen-bond donors (Lipinski definition) is 1. The van der Waals surface area contributed by atoms with Gasteiger partial charge in [0.2, 0.25) is 17.7 Å². The molecule has 1 aromatic carbocycles. The van der Waals surface area contributed by atoms with Crippen molar-refractivity contribution in [1.82, 2.24) is 10.2 Å². The number of rotatable bonds is 5. The van der Waals surface area contributed by atoms with E-state index in [1.54, 1.807) is 23.5 Å². The van der Waals surface area contributed by atoms with Crippen molar-refractivity contribution in [3.05, 3.63) is 51.5 Å². The number of aryl methyl sites for hydroxylation is 1. The molecule has 2 aromatic heterocycles. The Morgan fingerprint density at radius 1 is 1.35 bits per heavy atom. The molecule has 0 unspecified atom stereocenters. The average Bonchev–Trinajstić information content (AvgIpc) is 3.20. The second kappa shape index (κ2) is 6.93. The standard InChI is InChI=1S/C16H14ClN3O2S/c1-10-12(17)3-2-4-13(10)18-14(21)5-6-15-19-20-16(22-15)11-7-8-23-9-11/h2-4,7-9H,5-6H2,1H3,(H,18,21). The van der Waals surface area contributed by atoms with Crippen molar-refractivity contribution in [2.75, 3.05) is 5.32 Å². The van der Waals surface area contributed by atoms with Crippen LogP contribution in [0.3, 0.4) is 0 Å². The van der Waals surface area contributed by atoms with Crippen LogP contribution < -0.4 is 5.32 Å². The van der Waals surface area contributed by atoms with Gasteiger partial charge in [0.1, 0.15) is 0 Å². The van der Waals surface area contributed by atoms with Crippen LogP contribution in [-0.4, -0.2) is 16.1 Å². The summed E-state index contributed by atoms with van der Waals surface area (Å²) < 4.78 is 5.55. The van der Waals surface area contributed by atoms with Crippen molar-refractivity contribution in [2.45, 2.75) is 19.8 Å². The van der Waals surface area contributed by atoms with Crippen molar-refractivity contribution in [3.8, 4) is 11.5 Å². The topological polar surface area (TPSA) is 68.0 Å². The van der Waals surface area contributed by atoms with E-state index >= 15 is 0 Å². The minimum Gasteiger partial charge on any atom is -0.421 e. The van der Waals surface area contributed by atoms with E-state index in [1.165, 1.54) is 0 Å². The Labute approximate surface area is 142 Å². The smallest absolute Gasteiger partial charge is 0.248 e. The SMILES string of the molecule is Cc1c(Cl)cccc1NC(=O)CCc1nnc(-c2ccsc2)o1. The number of nitrogens with zero attached hydrogens (tertiary/aromatic N) is 2. The Balaban J connectivity index is 1.58. The number of carbonyl (C=O) groups excluding carboxylic acids is 1. The molecule has 2 heterocycles. The molecule has 1 N–H and O–H groups in total. The fourth-order valence-electron chi connectivity index (χ4n) is 2.03. The molecule has 0 aliphatic heterocycles. The molecule has 0 aliphatic carbocycles. The molecular formula is C16H14ClN3O2S. The third kappa shape index (κ3) is 3.78. The summed E-state index contributed by atoms with van der Waals surface area (Å²) in [4.78, 5) is 12.0. The van der Waals surface area contributed by atoms with E-state index in [0.29, 0.717) is 28.9 Å². The molecule has 0 saturated carbocycles. The Kier molecular flexibility index (Phi) is 4.73. The number of halogens is 1. The maximum atomic E-state index is 12.0. The van der Waals surface area contributed by atoms with E-state index in [1.807, 2.05) is 29.8 Å². The summed E-state index contributed by atoms with van der Waals surface area (Å²) >= 11 is 7.60. The second-order valence-electron chi connectivity index (χ2n) is 4.97. The summed E-state index contributed by atoms with van der Waals surface area (Å²) in [7, 11) is 0. The monoisotopic (exact) mass is 347 g/mol. The lowest BCUT2D eigenvalue weighted by molar-refractivity contribution is -0.116. The number of aromatic nitrogens is 2. The van der Waals surface area contributed by atoms with Gasteiger partial charge in [-0.3, -0.25) is 4.79 Å². The zero-order valence-corrected chi connectivity index (χ0v) is 13.9. The highest BCUT2D eigenvalue weighted by atomic mass is 35.5. The van der Waals surface area contributed by atoms with Gasteiger partial charge >= 0.3 is 0 Å². The third-order valence-electron chi connectivity index (χ3n) is 3.34. The van der Waals surface area contributed by atoms with Gasteiger partial charge in [0.15, 0.2) is 0 Å². The summed E-state index contributed by atoms with van der Waals surface area (Å²) in [6, 6.07) is 7.32. The highest BCUT2D eigenvalue weighted by molar-refractivity contribution is 7.08. The fourth-order valence-corrected chi connectivity index (χ4v) is 2.84. The van der Waals surface area contributed by atoms with Gasteiger partial charge in [-0.1, -0.05) is 17.7 Å². The van der Waals surface area contributed by atoms with Crippen LogP contribution in [0.25, 0.3) is 11.5 Å². The molecular weight excluding hydrogens is 334 g/mol. The van der Waals surface area contributed by atoms with E-state index in [2.05, 4.69) is 15.5 Å². The first kappa shape index (κ1) is 15.7. The molecule has 0 bridgehead atoms. The van der Waals surface area contributed by atoms with Crippen molar-refractivity contribution in [2.24, 2.45) is 0 Å². The van der Waals surface area contributed by atoms with Gasteiger partial charge < -0.3 is 9.73 Å². The number of benzene rings is 1. The molecule has 0 saturated heterocycles. The fraction of sp³-hybridized carbons (Fsp3) is 0.188. The van der Waals surface area contributed by atoms with Gasteiger partial charge in [-0.05, 0) is 36.1 Å². The third-order valence-corrected chi connectivity index (χ3v) is 4.44. The van der Waals surface area contributed by atoms with Crippen molar-refractivity contribution in [3.63, 3.8) is 0 Å². The first-order chi connectivity index (χ1) is 11.1. The highest BCUT2D eigenvalue weighted by Crippen LogP contribution is 2.23. The van der Waals surface area contributed by atoms with E-state index in [4.69, 9.17) is 16.0 Å². The van der Waals surface area contributed by atoms with E-state index < -0.39 is 0 Å². The van der Waals surface area contributed by atoms with Crippen LogP contribution in [0, 0.1) is 6.92 Å². The van der Waals surface area contributed by atoms with Crippen molar-refractivity contribution < 1.29 is 9.21 Å². The largest absolute Gasteiger partial charge is 0.421 e. The summed E-state index contributed by atoms with van der Waals surface area (Å²) in [6.45, 7) is 1.86. The maximum Gasteiger partial charge on any atom is 0.248 e. The Hall–Kier alpha value is -2.18. The lowest BCUT2D eigenvalue weighted by Gasteiger charge is -2.08. The van der Waals surface area contributed by atoms with Gasteiger partial charge in [-0.2, -0.15) is 11.3 Å². The molecule has 1 amide bonds. The average molecular weight is 348 g/mol. The second-order valence-corrected chi connectivity index (χ2v) is 6.16. The van der Waals surface area contributed by atoms with Gasteiger partial charge in [0, 0.05) is 34.5 Å². The van der Waals surface area contributed by atoms with Crippen LogP contribution in [0.4, 0.5) is 5.69 Å². The molecule has 0 radical (unpaired) electrons. The predicted octanol–water partition coefficient (Wildman–Crippen LogP) is 4.33. The lowest BCUT2D eigenvalue weighted by Crippen LogP contribution is -2.13. The molecule has 3 aromatic rings. The molecule has 0 aliphatic rings. The Morgan fingerprint density at radius 2 is 2.22 bits per heavy atom. The van der Waals surface area contributed by atoms with Gasteiger partial charge in [-0.25, -0.2) is 0 Å². The van der Waals surface area contributed by atoms with Crippen molar-refractivity contribution >= 4 is 34.5 Å². The number of hydrogen-bond acceptors (Lipinski definition) is 5. The maximum absolute atomic E-state index is 12.0. The van der Waals surface area contributed by atoms with Crippen LogP contribution in [0.5, 0.6) is 0 Å². The minimum absolute atomic E-state index is 0.120. The number of thiophene rings is 1. The van der Waals surface area contributed by atoms with Gasteiger partial charge in [0.05, 0.1) is 0 Å².